The van der Waals surface area contributed by atoms with E-state index < -0.39 is 0 Å². The molecular weight excluding hydrogens is 148 g/mol. The molecule has 1 heterocycles. The maximum absolute atomic E-state index is 5.47. The highest BCUT2D eigenvalue weighted by atomic mass is 16.6. The maximum Gasteiger partial charge on any atom is 0.0882 e. The Bertz CT molecular complexity index is 242. The van der Waals surface area contributed by atoms with Gasteiger partial charge in [0.1, 0.15) is 0 Å². The molecule has 1 saturated heterocycles. The number of ether oxygens (including phenoxy) is 1. The Labute approximate surface area is 73.4 Å². The first kappa shape index (κ1) is 7.81. The Morgan fingerprint density at radius 3 is 2.50 bits per heavy atom. The molecule has 64 valence electrons. The molecule has 0 bridgehead atoms. The molecule has 1 nitrogen and oxygen atoms in total. The van der Waals surface area contributed by atoms with E-state index in [2.05, 4.69) is 37.3 Å². The molecule has 1 heteroatoms. The van der Waals surface area contributed by atoms with Crippen molar-refractivity contribution in [2.24, 2.45) is 0 Å². The van der Waals surface area contributed by atoms with Gasteiger partial charge >= 0.3 is 0 Å². The van der Waals surface area contributed by atoms with Gasteiger partial charge < -0.3 is 4.74 Å². The van der Waals surface area contributed by atoms with E-state index in [9.17, 15) is 0 Å². The fraction of sp³-hybridized carbons (Fsp3) is 0.455. The summed E-state index contributed by atoms with van der Waals surface area (Å²) in [5.41, 5.74) is 1.39. The van der Waals surface area contributed by atoms with E-state index in [1.54, 1.807) is 0 Å². The van der Waals surface area contributed by atoms with Gasteiger partial charge in [0.15, 0.2) is 0 Å². The van der Waals surface area contributed by atoms with Gasteiger partial charge in [-0.2, -0.15) is 0 Å². The van der Waals surface area contributed by atoms with E-state index >= 15 is 0 Å². The van der Waals surface area contributed by atoms with E-state index in [4.69, 9.17) is 4.74 Å². The third-order valence-corrected chi connectivity index (χ3v) is 2.37. The highest BCUT2D eigenvalue weighted by molar-refractivity contribution is 5.16. The summed E-state index contributed by atoms with van der Waals surface area (Å²) in [6.45, 7) is 2.18. The van der Waals surface area contributed by atoms with Gasteiger partial charge in [0.05, 0.1) is 12.2 Å². The number of rotatable bonds is 3. The fourth-order valence-corrected chi connectivity index (χ4v) is 1.56. The molecule has 2 rings (SSSR count). The summed E-state index contributed by atoms with van der Waals surface area (Å²) < 4.78 is 5.47. The van der Waals surface area contributed by atoms with Crippen molar-refractivity contribution in [2.45, 2.75) is 32.0 Å². The van der Waals surface area contributed by atoms with E-state index in [1.807, 2.05) is 0 Å². The molecule has 12 heavy (non-hydrogen) atoms. The van der Waals surface area contributed by atoms with Gasteiger partial charge in [0, 0.05) is 6.42 Å². The molecule has 1 aliphatic heterocycles. The van der Waals surface area contributed by atoms with Gasteiger partial charge in [-0.25, -0.2) is 0 Å². The van der Waals surface area contributed by atoms with Crippen LogP contribution >= 0.6 is 0 Å². The smallest absolute Gasteiger partial charge is 0.0882 e. The Hall–Kier alpha value is -0.820. The lowest BCUT2D eigenvalue weighted by Gasteiger charge is -1.95. The number of epoxide rings is 1. The first-order chi connectivity index (χ1) is 5.90. The Morgan fingerprint density at radius 2 is 1.92 bits per heavy atom. The van der Waals surface area contributed by atoms with Gasteiger partial charge in [0.2, 0.25) is 0 Å². The molecule has 1 fully saturated rings. The largest absolute Gasteiger partial charge is 0.369 e. The molecule has 1 aromatic carbocycles. The molecule has 0 aliphatic carbocycles. The molecule has 0 aromatic heterocycles. The van der Waals surface area contributed by atoms with E-state index in [1.165, 1.54) is 5.56 Å². The van der Waals surface area contributed by atoms with Crippen LogP contribution in [0.15, 0.2) is 30.3 Å². The van der Waals surface area contributed by atoms with E-state index in [-0.39, 0.29) is 0 Å². The third kappa shape index (κ3) is 1.67. The van der Waals surface area contributed by atoms with Crippen molar-refractivity contribution in [3.05, 3.63) is 35.9 Å². The van der Waals surface area contributed by atoms with Crippen molar-refractivity contribution >= 4 is 0 Å². The first-order valence-corrected chi connectivity index (χ1v) is 4.59. The van der Waals surface area contributed by atoms with Crippen molar-refractivity contribution in [2.75, 3.05) is 0 Å². The molecule has 0 radical (unpaired) electrons. The van der Waals surface area contributed by atoms with Crippen LogP contribution in [-0.4, -0.2) is 12.2 Å². The Balaban J connectivity index is 1.89. The number of hydrogen-bond donors (Lipinski definition) is 0. The predicted molar refractivity (Wildman–Crippen MR) is 49.1 cm³/mol. The average Bonchev–Trinajstić information content (AvgIpc) is 2.85. The number of benzene rings is 1. The lowest BCUT2D eigenvalue weighted by Crippen LogP contribution is -1.96. The Morgan fingerprint density at radius 1 is 1.17 bits per heavy atom. The quantitative estimate of drug-likeness (QED) is 0.622. The molecular formula is C11H14O. The second kappa shape index (κ2) is 3.28. The lowest BCUT2D eigenvalue weighted by atomic mass is 10.1. The molecule has 2 unspecified atom stereocenters. The summed E-state index contributed by atoms with van der Waals surface area (Å²) in [6.07, 6.45) is 3.26. The standard InChI is InChI=1S/C11H14O/c1-2-10-11(12-10)8-9-6-4-3-5-7-9/h3-7,10-11H,2,8H2,1H3. The van der Waals surface area contributed by atoms with Crippen LogP contribution in [0, 0.1) is 0 Å². The van der Waals surface area contributed by atoms with Crippen molar-refractivity contribution in [1.29, 1.82) is 0 Å². The van der Waals surface area contributed by atoms with Crippen molar-refractivity contribution in [1.82, 2.24) is 0 Å². The van der Waals surface area contributed by atoms with Gasteiger partial charge in [-0.15, -0.1) is 0 Å². The molecule has 1 aromatic rings. The van der Waals surface area contributed by atoms with Crippen LogP contribution in [0.1, 0.15) is 18.9 Å². The summed E-state index contributed by atoms with van der Waals surface area (Å²) in [4.78, 5) is 0. The molecule has 0 N–H and O–H groups in total. The monoisotopic (exact) mass is 162 g/mol. The number of hydrogen-bond acceptors (Lipinski definition) is 1. The van der Waals surface area contributed by atoms with Crippen LogP contribution in [0.3, 0.4) is 0 Å². The van der Waals surface area contributed by atoms with Crippen molar-refractivity contribution in [3.8, 4) is 0 Å². The highest BCUT2D eigenvalue weighted by Gasteiger charge is 2.36. The SMILES string of the molecule is CCC1OC1Cc1ccccc1. The van der Waals surface area contributed by atoms with Crippen molar-refractivity contribution < 1.29 is 4.74 Å². The first-order valence-electron chi connectivity index (χ1n) is 4.59. The van der Waals surface area contributed by atoms with Gasteiger partial charge in [-0.3, -0.25) is 0 Å². The summed E-state index contributed by atoms with van der Waals surface area (Å²) in [6, 6.07) is 10.5. The minimum atomic E-state index is 0.498. The van der Waals surface area contributed by atoms with Gasteiger partial charge in [0.25, 0.3) is 0 Å². The van der Waals surface area contributed by atoms with Gasteiger partial charge in [-0.05, 0) is 12.0 Å². The average molecular weight is 162 g/mol. The molecule has 2 atom stereocenters. The summed E-state index contributed by atoms with van der Waals surface area (Å²) in [5.74, 6) is 0. The third-order valence-electron chi connectivity index (χ3n) is 2.37. The van der Waals surface area contributed by atoms with Crippen molar-refractivity contribution in [3.63, 3.8) is 0 Å². The van der Waals surface area contributed by atoms with Crippen LogP contribution in [0.2, 0.25) is 0 Å². The zero-order chi connectivity index (χ0) is 8.39. The van der Waals surface area contributed by atoms with Crippen LogP contribution < -0.4 is 0 Å². The lowest BCUT2D eigenvalue weighted by molar-refractivity contribution is 0.366. The van der Waals surface area contributed by atoms with Gasteiger partial charge in [-0.1, -0.05) is 37.3 Å². The fourth-order valence-electron chi connectivity index (χ4n) is 1.56. The topological polar surface area (TPSA) is 12.5 Å². The van der Waals surface area contributed by atoms with Crippen LogP contribution in [0.4, 0.5) is 0 Å². The second-order valence-corrected chi connectivity index (χ2v) is 3.31. The van der Waals surface area contributed by atoms with E-state index in [0.717, 1.165) is 12.8 Å². The maximum atomic E-state index is 5.47. The second-order valence-electron chi connectivity index (χ2n) is 3.31. The Kier molecular flexibility index (Phi) is 2.13. The summed E-state index contributed by atoms with van der Waals surface area (Å²) >= 11 is 0. The summed E-state index contributed by atoms with van der Waals surface area (Å²) in [5, 5.41) is 0. The molecule has 1 aliphatic rings. The van der Waals surface area contributed by atoms with Crippen LogP contribution in [0.25, 0.3) is 0 Å². The minimum absolute atomic E-state index is 0.498. The molecule has 0 amide bonds. The van der Waals surface area contributed by atoms with Crippen LogP contribution in [0.5, 0.6) is 0 Å². The predicted octanol–water partition coefficient (Wildman–Crippen LogP) is 2.41. The van der Waals surface area contributed by atoms with E-state index in [0.29, 0.717) is 12.2 Å². The molecule has 0 spiro atoms. The zero-order valence-electron chi connectivity index (χ0n) is 7.36. The molecule has 0 saturated carbocycles. The minimum Gasteiger partial charge on any atom is -0.369 e. The highest BCUT2D eigenvalue weighted by Crippen LogP contribution is 2.28. The zero-order valence-corrected chi connectivity index (χ0v) is 7.36. The normalized spacial score (nSPS) is 27.1. The summed E-state index contributed by atoms with van der Waals surface area (Å²) in [7, 11) is 0. The van der Waals surface area contributed by atoms with Crippen LogP contribution in [-0.2, 0) is 11.2 Å².